The summed E-state index contributed by atoms with van der Waals surface area (Å²) in [5, 5.41) is 2.66. The molecule has 1 fully saturated rings. The van der Waals surface area contributed by atoms with Crippen LogP contribution in [0, 0.1) is 0 Å². The van der Waals surface area contributed by atoms with Gasteiger partial charge in [0.05, 0.1) is 21.9 Å². The van der Waals surface area contributed by atoms with Crippen LogP contribution in [0.15, 0.2) is 53.4 Å². The third kappa shape index (κ3) is 3.21. The molecule has 0 saturated carbocycles. The molecule has 0 atom stereocenters. The molecule has 0 radical (unpaired) electrons. The zero-order valence-corrected chi connectivity index (χ0v) is 17.6. The van der Waals surface area contributed by atoms with Crippen LogP contribution in [0.2, 0.25) is 0 Å². The summed E-state index contributed by atoms with van der Waals surface area (Å²) in [7, 11) is 0. The summed E-state index contributed by atoms with van der Waals surface area (Å²) in [5.74, 6) is -1.59. The van der Waals surface area contributed by atoms with E-state index in [1.807, 2.05) is 0 Å². The molecule has 4 rings (SSSR count). The molecule has 0 spiro atoms. The Hall–Kier alpha value is -3.30. The number of nitrogens with one attached hydrogen (secondary N) is 1. The summed E-state index contributed by atoms with van der Waals surface area (Å²) in [5.41, 5.74) is 2.26. The van der Waals surface area contributed by atoms with Crippen molar-refractivity contribution in [2.24, 2.45) is 0 Å². The van der Waals surface area contributed by atoms with E-state index in [4.69, 9.17) is 12.2 Å². The van der Waals surface area contributed by atoms with E-state index in [-0.39, 0.29) is 20.7 Å². The summed E-state index contributed by atoms with van der Waals surface area (Å²) in [6, 6.07) is 13.5. The molecule has 2 aliphatic heterocycles. The first kappa shape index (κ1) is 20.0. The van der Waals surface area contributed by atoms with E-state index >= 15 is 0 Å². The molecule has 0 aromatic heterocycles. The number of nitrogens with zero attached hydrogens (tertiary/aromatic N) is 2. The van der Waals surface area contributed by atoms with Gasteiger partial charge in [-0.15, -0.1) is 0 Å². The number of carbonyl (C=O) groups excluding carboxylic acids is 4. The number of rotatable bonds is 2. The molecule has 30 heavy (non-hydrogen) atoms. The smallest absolute Gasteiger partial charge is 0.271 e. The first-order valence-corrected chi connectivity index (χ1v) is 10.1. The van der Waals surface area contributed by atoms with E-state index in [9.17, 15) is 19.2 Å². The summed E-state index contributed by atoms with van der Waals surface area (Å²) in [6.45, 7) is 2.71. The topological polar surface area (TPSA) is 86.8 Å². The third-order valence-electron chi connectivity index (χ3n) is 4.59. The van der Waals surface area contributed by atoms with Crippen molar-refractivity contribution in [3.63, 3.8) is 0 Å². The number of hydrogen-bond donors (Lipinski definition) is 1. The minimum Gasteiger partial charge on any atom is -0.326 e. The van der Waals surface area contributed by atoms with Gasteiger partial charge in [0.25, 0.3) is 11.8 Å². The van der Waals surface area contributed by atoms with Gasteiger partial charge in [0.15, 0.2) is 4.32 Å². The fraction of sp³-hybridized carbons (Fsp3) is 0.0952. The van der Waals surface area contributed by atoms with Crippen molar-refractivity contribution in [2.75, 3.05) is 15.1 Å². The summed E-state index contributed by atoms with van der Waals surface area (Å²) >= 11 is 6.43. The Kier molecular flexibility index (Phi) is 5.00. The fourth-order valence-corrected chi connectivity index (χ4v) is 4.76. The molecule has 150 valence electrons. The Morgan fingerprint density at radius 3 is 2.27 bits per heavy atom. The van der Waals surface area contributed by atoms with Crippen LogP contribution < -0.4 is 15.1 Å². The van der Waals surface area contributed by atoms with Gasteiger partial charge >= 0.3 is 0 Å². The molecule has 2 aliphatic rings. The standard InChI is InChI=1S/C21H15N3O4S2/c1-11(25)22-13-7-9-14(10-8-13)24-20(28)18(30-21(24)29)17-15-5-3-4-6-16(15)23(12(2)26)19(17)27/h3-10H,1-2H3,(H,22,25)/b18-17-. The average molecular weight is 438 g/mol. The average Bonchev–Trinajstić information content (AvgIpc) is 3.14. The monoisotopic (exact) mass is 437 g/mol. The van der Waals surface area contributed by atoms with Gasteiger partial charge in [-0.3, -0.25) is 24.1 Å². The first-order valence-electron chi connectivity index (χ1n) is 8.92. The van der Waals surface area contributed by atoms with E-state index in [0.717, 1.165) is 16.7 Å². The maximum Gasteiger partial charge on any atom is 0.271 e. The SMILES string of the molecule is CC(=O)Nc1ccc(N2C(=O)/C(=C3/C(=O)N(C(C)=O)c4ccccc43)SC2=S)cc1. The van der Waals surface area contributed by atoms with Gasteiger partial charge in [-0.2, -0.15) is 0 Å². The van der Waals surface area contributed by atoms with E-state index in [1.165, 1.54) is 18.7 Å². The zero-order chi connectivity index (χ0) is 21.6. The van der Waals surface area contributed by atoms with Crippen LogP contribution in [-0.4, -0.2) is 27.9 Å². The Labute approximate surface area is 181 Å². The van der Waals surface area contributed by atoms with Crippen molar-refractivity contribution < 1.29 is 19.2 Å². The van der Waals surface area contributed by atoms with Crippen LogP contribution in [0.25, 0.3) is 5.57 Å². The molecular formula is C21H15N3O4S2. The Balaban J connectivity index is 1.76. The van der Waals surface area contributed by atoms with Crippen LogP contribution >= 0.6 is 24.0 Å². The predicted molar refractivity (Wildman–Crippen MR) is 120 cm³/mol. The van der Waals surface area contributed by atoms with Gasteiger partial charge in [-0.1, -0.05) is 42.2 Å². The highest BCUT2D eigenvalue weighted by atomic mass is 32.2. The van der Waals surface area contributed by atoms with Crippen molar-refractivity contribution in [2.45, 2.75) is 13.8 Å². The van der Waals surface area contributed by atoms with E-state index in [0.29, 0.717) is 22.6 Å². The lowest BCUT2D eigenvalue weighted by molar-refractivity contribution is -0.122. The van der Waals surface area contributed by atoms with Gasteiger partial charge in [0.1, 0.15) is 0 Å². The zero-order valence-electron chi connectivity index (χ0n) is 16.0. The summed E-state index contributed by atoms with van der Waals surface area (Å²) in [4.78, 5) is 52.1. The molecule has 1 saturated heterocycles. The number of benzene rings is 2. The number of thioether (sulfide) groups is 1. The van der Waals surface area contributed by atoms with Crippen molar-refractivity contribution in [3.8, 4) is 0 Å². The lowest BCUT2D eigenvalue weighted by Crippen LogP contribution is -2.32. The molecule has 9 heteroatoms. The first-order chi connectivity index (χ1) is 14.3. The second kappa shape index (κ2) is 7.51. The van der Waals surface area contributed by atoms with Crippen LogP contribution in [0.3, 0.4) is 0 Å². The minimum absolute atomic E-state index is 0.176. The van der Waals surface area contributed by atoms with E-state index < -0.39 is 17.7 Å². The number of hydrogen-bond acceptors (Lipinski definition) is 6. The summed E-state index contributed by atoms with van der Waals surface area (Å²) in [6.07, 6.45) is 0. The van der Waals surface area contributed by atoms with Crippen LogP contribution in [0.4, 0.5) is 17.1 Å². The number of para-hydroxylation sites is 1. The van der Waals surface area contributed by atoms with E-state index in [1.54, 1.807) is 48.5 Å². The molecule has 0 aliphatic carbocycles. The van der Waals surface area contributed by atoms with Gasteiger partial charge in [0, 0.05) is 25.1 Å². The van der Waals surface area contributed by atoms with Gasteiger partial charge in [-0.25, -0.2) is 4.90 Å². The van der Waals surface area contributed by atoms with E-state index in [2.05, 4.69) is 5.32 Å². The molecule has 2 heterocycles. The highest BCUT2D eigenvalue weighted by molar-refractivity contribution is 8.27. The fourth-order valence-electron chi connectivity index (χ4n) is 3.39. The predicted octanol–water partition coefficient (Wildman–Crippen LogP) is 3.31. The molecule has 0 bridgehead atoms. The Bertz CT molecular complexity index is 1170. The van der Waals surface area contributed by atoms with Crippen LogP contribution in [0.5, 0.6) is 0 Å². The lowest BCUT2D eigenvalue weighted by atomic mass is 10.1. The van der Waals surface area contributed by atoms with Crippen molar-refractivity contribution >= 4 is 74.6 Å². The van der Waals surface area contributed by atoms with Gasteiger partial charge in [0.2, 0.25) is 11.8 Å². The van der Waals surface area contributed by atoms with Crippen LogP contribution in [-0.2, 0) is 19.2 Å². The maximum absolute atomic E-state index is 13.2. The number of carbonyl (C=O) groups is 4. The number of amides is 4. The highest BCUT2D eigenvalue weighted by Gasteiger charge is 2.43. The number of anilines is 3. The quantitative estimate of drug-likeness (QED) is 0.573. The lowest BCUT2D eigenvalue weighted by Gasteiger charge is -2.15. The number of imide groups is 1. The third-order valence-corrected chi connectivity index (χ3v) is 5.96. The van der Waals surface area contributed by atoms with Crippen molar-refractivity contribution in [1.29, 1.82) is 0 Å². The number of thiocarbonyl (C=S) groups is 1. The molecule has 7 nitrogen and oxygen atoms in total. The Morgan fingerprint density at radius 2 is 1.63 bits per heavy atom. The minimum atomic E-state index is -0.537. The second-order valence-electron chi connectivity index (χ2n) is 6.62. The van der Waals surface area contributed by atoms with Crippen molar-refractivity contribution in [1.82, 2.24) is 0 Å². The molecule has 2 aromatic carbocycles. The number of fused-ring (bicyclic) bond motifs is 1. The molecular weight excluding hydrogens is 422 g/mol. The van der Waals surface area contributed by atoms with Crippen molar-refractivity contribution in [3.05, 3.63) is 59.0 Å². The summed E-state index contributed by atoms with van der Waals surface area (Å²) < 4.78 is 0.279. The van der Waals surface area contributed by atoms with Gasteiger partial charge < -0.3 is 5.32 Å². The second-order valence-corrected chi connectivity index (χ2v) is 8.26. The van der Waals surface area contributed by atoms with Gasteiger partial charge in [-0.05, 0) is 30.3 Å². The molecule has 1 N–H and O–H groups in total. The highest BCUT2D eigenvalue weighted by Crippen LogP contribution is 2.45. The molecule has 0 unspecified atom stereocenters. The maximum atomic E-state index is 13.2. The molecule has 2 aromatic rings. The molecule has 4 amide bonds. The Morgan fingerprint density at radius 1 is 0.967 bits per heavy atom. The van der Waals surface area contributed by atoms with Crippen LogP contribution in [0.1, 0.15) is 19.4 Å². The largest absolute Gasteiger partial charge is 0.326 e. The normalized spacial score (nSPS) is 18.1.